The maximum Gasteiger partial charge on any atom is 0.252 e. The molecule has 3 aromatic rings. The number of ether oxygens (including phenoxy) is 1. The van der Waals surface area contributed by atoms with Crippen molar-refractivity contribution in [3.05, 3.63) is 52.8 Å². The summed E-state index contributed by atoms with van der Waals surface area (Å²) >= 11 is 0. The Morgan fingerprint density at radius 3 is 2.83 bits per heavy atom. The van der Waals surface area contributed by atoms with Crippen LogP contribution in [0.4, 0.5) is 0 Å². The number of hydrogen-bond acceptors (Lipinski definition) is 5. The van der Waals surface area contributed by atoms with E-state index in [9.17, 15) is 4.79 Å². The first kappa shape index (κ1) is 20.3. The summed E-state index contributed by atoms with van der Waals surface area (Å²) in [6.45, 7) is 3.84. The van der Waals surface area contributed by atoms with Gasteiger partial charge in [-0.1, -0.05) is 12.1 Å². The van der Waals surface area contributed by atoms with Crippen LogP contribution in [0.25, 0.3) is 11.0 Å². The predicted octanol–water partition coefficient (Wildman–Crippen LogP) is 3.02. The highest BCUT2D eigenvalue weighted by molar-refractivity contribution is 6.06. The van der Waals surface area contributed by atoms with Crippen molar-refractivity contribution in [2.75, 3.05) is 27.2 Å². The molecular formula is C23H29N5O2. The van der Waals surface area contributed by atoms with E-state index in [1.54, 1.807) is 4.68 Å². The van der Waals surface area contributed by atoms with Crippen LogP contribution in [0.3, 0.4) is 0 Å². The summed E-state index contributed by atoms with van der Waals surface area (Å²) in [7, 11) is 5.91. The molecule has 1 aliphatic carbocycles. The fraction of sp³-hybridized carbons (Fsp3) is 0.435. The van der Waals surface area contributed by atoms with E-state index >= 15 is 0 Å². The molecule has 7 nitrogen and oxygen atoms in total. The molecule has 1 aromatic carbocycles. The van der Waals surface area contributed by atoms with Crippen molar-refractivity contribution in [3.63, 3.8) is 0 Å². The van der Waals surface area contributed by atoms with Crippen LogP contribution in [0.15, 0.2) is 30.3 Å². The van der Waals surface area contributed by atoms with Crippen molar-refractivity contribution >= 4 is 16.9 Å². The van der Waals surface area contributed by atoms with Crippen LogP contribution < -0.4 is 10.1 Å². The van der Waals surface area contributed by atoms with Gasteiger partial charge in [-0.3, -0.25) is 9.48 Å². The zero-order chi connectivity index (χ0) is 21.3. The fourth-order valence-electron chi connectivity index (χ4n) is 3.60. The fourth-order valence-corrected chi connectivity index (χ4v) is 3.60. The molecule has 2 aromatic heterocycles. The van der Waals surface area contributed by atoms with E-state index in [-0.39, 0.29) is 5.91 Å². The highest BCUT2D eigenvalue weighted by atomic mass is 16.5. The standard InChI is InChI=1S/C23H29N5O2/c1-15-21-19(13-20(17-8-9-17)25-22(21)28(4)26-15)23(29)24-14-16-6-5-7-18(12-16)30-11-10-27(2)3/h5-7,12-13,17H,8-11,14H2,1-4H3,(H,24,29). The van der Waals surface area contributed by atoms with Crippen molar-refractivity contribution in [2.24, 2.45) is 7.05 Å². The van der Waals surface area contributed by atoms with Crippen molar-refractivity contribution in [3.8, 4) is 5.75 Å². The number of fused-ring (bicyclic) bond motifs is 1. The smallest absolute Gasteiger partial charge is 0.252 e. The molecule has 158 valence electrons. The lowest BCUT2D eigenvalue weighted by Crippen LogP contribution is -2.23. The number of amides is 1. The van der Waals surface area contributed by atoms with Crippen molar-refractivity contribution in [1.29, 1.82) is 0 Å². The van der Waals surface area contributed by atoms with Gasteiger partial charge in [0.05, 0.1) is 16.6 Å². The number of hydrogen-bond donors (Lipinski definition) is 1. The minimum absolute atomic E-state index is 0.0978. The average molecular weight is 408 g/mol. The first-order valence-corrected chi connectivity index (χ1v) is 10.4. The number of likely N-dealkylation sites (N-methyl/N-ethyl adjacent to an activating group) is 1. The molecule has 2 heterocycles. The summed E-state index contributed by atoms with van der Waals surface area (Å²) in [5, 5.41) is 8.38. The predicted molar refractivity (Wildman–Crippen MR) is 117 cm³/mol. The van der Waals surface area contributed by atoms with Crippen LogP contribution in [0, 0.1) is 6.92 Å². The first-order valence-electron chi connectivity index (χ1n) is 10.4. The molecule has 4 rings (SSSR count). The number of benzene rings is 1. The number of aryl methyl sites for hydroxylation is 2. The molecule has 0 atom stereocenters. The molecule has 30 heavy (non-hydrogen) atoms. The van der Waals surface area contributed by atoms with Gasteiger partial charge < -0.3 is 15.0 Å². The molecule has 1 N–H and O–H groups in total. The maximum atomic E-state index is 13.1. The van der Waals surface area contributed by atoms with Gasteiger partial charge in [-0.2, -0.15) is 5.10 Å². The molecule has 0 bridgehead atoms. The monoisotopic (exact) mass is 407 g/mol. The van der Waals surface area contributed by atoms with E-state index in [2.05, 4.69) is 15.3 Å². The number of pyridine rings is 1. The lowest BCUT2D eigenvalue weighted by Gasteiger charge is -2.12. The van der Waals surface area contributed by atoms with E-state index < -0.39 is 0 Å². The maximum absolute atomic E-state index is 13.1. The van der Waals surface area contributed by atoms with Crippen LogP contribution in [0.5, 0.6) is 5.75 Å². The Morgan fingerprint density at radius 1 is 1.30 bits per heavy atom. The molecule has 1 fully saturated rings. The van der Waals surface area contributed by atoms with E-state index in [4.69, 9.17) is 9.72 Å². The molecule has 0 radical (unpaired) electrons. The van der Waals surface area contributed by atoms with Gasteiger partial charge in [-0.05, 0) is 57.6 Å². The normalized spacial score (nSPS) is 13.8. The lowest BCUT2D eigenvalue weighted by atomic mass is 10.1. The van der Waals surface area contributed by atoms with Crippen molar-refractivity contribution in [2.45, 2.75) is 32.2 Å². The number of nitrogens with zero attached hydrogens (tertiary/aromatic N) is 4. The second-order valence-corrected chi connectivity index (χ2v) is 8.26. The van der Waals surface area contributed by atoms with Crippen LogP contribution >= 0.6 is 0 Å². The van der Waals surface area contributed by atoms with Gasteiger partial charge in [0.15, 0.2) is 5.65 Å². The third-order valence-electron chi connectivity index (χ3n) is 5.39. The average Bonchev–Trinajstić information content (AvgIpc) is 3.52. The van der Waals surface area contributed by atoms with E-state index in [0.717, 1.165) is 53.1 Å². The molecule has 7 heteroatoms. The second kappa shape index (κ2) is 8.44. The molecule has 1 aliphatic rings. The molecule has 0 aliphatic heterocycles. The van der Waals surface area contributed by atoms with Crippen molar-refractivity contribution < 1.29 is 9.53 Å². The minimum atomic E-state index is -0.0978. The van der Waals surface area contributed by atoms with Crippen LogP contribution in [0.2, 0.25) is 0 Å². The third kappa shape index (κ3) is 4.46. The summed E-state index contributed by atoms with van der Waals surface area (Å²) < 4.78 is 7.57. The second-order valence-electron chi connectivity index (χ2n) is 8.26. The molecule has 1 amide bonds. The third-order valence-corrected chi connectivity index (χ3v) is 5.39. The SMILES string of the molecule is Cc1nn(C)c2nc(C3CC3)cc(C(=O)NCc3cccc(OCCN(C)C)c3)c12. The minimum Gasteiger partial charge on any atom is -0.492 e. The summed E-state index contributed by atoms with van der Waals surface area (Å²) in [6.07, 6.45) is 2.27. The Morgan fingerprint density at radius 2 is 2.10 bits per heavy atom. The zero-order valence-corrected chi connectivity index (χ0v) is 18.1. The van der Waals surface area contributed by atoms with Gasteiger partial charge in [0, 0.05) is 31.7 Å². The zero-order valence-electron chi connectivity index (χ0n) is 18.1. The quantitative estimate of drug-likeness (QED) is 0.621. The van der Waals surface area contributed by atoms with Gasteiger partial charge in [-0.25, -0.2) is 4.98 Å². The number of carbonyl (C=O) groups is 1. The topological polar surface area (TPSA) is 72.3 Å². The van der Waals surface area contributed by atoms with E-state index in [0.29, 0.717) is 24.6 Å². The molecule has 0 unspecified atom stereocenters. The first-order chi connectivity index (χ1) is 14.4. The van der Waals surface area contributed by atoms with E-state index in [1.165, 1.54) is 0 Å². The Labute approximate surface area is 177 Å². The summed E-state index contributed by atoms with van der Waals surface area (Å²) in [5.74, 6) is 1.18. The Kier molecular flexibility index (Phi) is 5.72. The molecular weight excluding hydrogens is 378 g/mol. The lowest BCUT2D eigenvalue weighted by molar-refractivity contribution is 0.0952. The summed E-state index contributed by atoms with van der Waals surface area (Å²) in [4.78, 5) is 20.0. The van der Waals surface area contributed by atoms with Crippen LogP contribution in [-0.4, -0.2) is 52.8 Å². The Bertz CT molecular complexity index is 1070. The molecule has 1 saturated carbocycles. The summed E-state index contributed by atoms with van der Waals surface area (Å²) in [5.41, 5.74) is 4.25. The van der Waals surface area contributed by atoms with Crippen LogP contribution in [-0.2, 0) is 13.6 Å². The largest absolute Gasteiger partial charge is 0.492 e. The summed E-state index contributed by atoms with van der Waals surface area (Å²) in [6, 6.07) is 9.81. The number of aromatic nitrogens is 3. The number of rotatable bonds is 8. The number of carbonyl (C=O) groups excluding carboxylic acids is 1. The van der Waals surface area contributed by atoms with E-state index in [1.807, 2.05) is 58.4 Å². The Balaban J connectivity index is 1.50. The van der Waals surface area contributed by atoms with Gasteiger partial charge >= 0.3 is 0 Å². The highest BCUT2D eigenvalue weighted by Gasteiger charge is 2.28. The Hall–Kier alpha value is -2.93. The van der Waals surface area contributed by atoms with Gasteiger partial charge in [0.2, 0.25) is 0 Å². The van der Waals surface area contributed by atoms with Gasteiger partial charge in [-0.15, -0.1) is 0 Å². The van der Waals surface area contributed by atoms with Gasteiger partial charge in [0.1, 0.15) is 12.4 Å². The molecule has 0 spiro atoms. The highest BCUT2D eigenvalue weighted by Crippen LogP contribution is 2.40. The van der Waals surface area contributed by atoms with Crippen LogP contribution in [0.1, 0.15) is 46.1 Å². The van der Waals surface area contributed by atoms with Gasteiger partial charge in [0.25, 0.3) is 5.91 Å². The number of nitrogens with one attached hydrogen (secondary N) is 1. The van der Waals surface area contributed by atoms with Crippen molar-refractivity contribution in [1.82, 2.24) is 25.0 Å². The molecule has 0 saturated heterocycles.